The van der Waals surface area contributed by atoms with E-state index in [-0.39, 0.29) is 17.8 Å². The van der Waals surface area contributed by atoms with E-state index in [1.807, 2.05) is 7.05 Å². The Morgan fingerprint density at radius 3 is 2.57 bits per heavy atom. The van der Waals surface area contributed by atoms with Gasteiger partial charge >= 0.3 is 11.4 Å². The van der Waals surface area contributed by atoms with Crippen LogP contribution in [0.15, 0.2) is 9.59 Å². The molecule has 1 saturated heterocycles. The Labute approximate surface area is 136 Å². The van der Waals surface area contributed by atoms with E-state index in [2.05, 4.69) is 27.1 Å². The summed E-state index contributed by atoms with van der Waals surface area (Å²) >= 11 is 0. The summed E-state index contributed by atoms with van der Waals surface area (Å²) in [6.07, 6.45) is 7.04. The smallest absolute Gasteiger partial charge is 0.353 e. The minimum atomic E-state index is -0.451. The molecule has 0 bridgehead atoms. The number of likely N-dealkylation sites (tertiary alicyclic amines) is 1. The van der Waals surface area contributed by atoms with Gasteiger partial charge in [0, 0.05) is 12.6 Å². The fraction of sp³-hybridized carbons (Fsp3) is 0.812. The lowest BCUT2D eigenvalue weighted by Crippen LogP contribution is -2.42. The lowest BCUT2D eigenvalue weighted by Gasteiger charge is -2.28. The first-order valence-electron chi connectivity index (χ1n) is 8.72. The molecule has 0 spiro atoms. The molecule has 2 atom stereocenters. The summed E-state index contributed by atoms with van der Waals surface area (Å²) in [7, 11) is 1.99. The van der Waals surface area contributed by atoms with Crippen molar-refractivity contribution in [3.05, 3.63) is 21.0 Å². The van der Waals surface area contributed by atoms with Crippen molar-refractivity contribution in [2.45, 2.75) is 57.5 Å². The van der Waals surface area contributed by atoms with E-state index in [0.717, 1.165) is 19.5 Å². The molecule has 0 radical (unpaired) electrons. The second-order valence-electron chi connectivity index (χ2n) is 7.08. The van der Waals surface area contributed by atoms with Crippen LogP contribution in [0.2, 0.25) is 0 Å². The molecular weight excluding hydrogens is 294 g/mol. The third-order valence-electron chi connectivity index (χ3n) is 5.31. The van der Waals surface area contributed by atoms with Crippen molar-refractivity contribution in [2.75, 3.05) is 25.5 Å². The van der Waals surface area contributed by atoms with Crippen LogP contribution >= 0.6 is 0 Å². The summed E-state index contributed by atoms with van der Waals surface area (Å²) in [6.45, 7) is 3.72. The quantitative estimate of drug-likeness (QED) is 0.870. The molecule has 1 aromatic rings. The summed E-state index contributed by atoms with van der Waals surface area (Å²) in [6, 6.07) is 0.139. The maximum Gasteiger partial charge on any atom is 0.355 e. The van der Waals surface area contributed by atoms with Gasteiger partial charge in [0.1, 0.15) is 0 Å². The number of likely N-dealkylation sites (N-methyl/N-ethyl adjacent to an activating group) is 1. The molecular formula is C16H27N5O2. The fourth-order valence-electron chi connectivity index (χ4n) is 3.91. The van der Waals surface area contributed by atoms with Crippen LogP contribution in [0.5, 0.6) is 0 Å². The van der Waals surface area contributed by atoms with E-state index in [1.165, 1.54) is 36.7 Å². The van der Waals surface area contributed by atoms with Gasteiger partial charge < -0.3 is 10.2 Å². The Hall–Kier alpha value is -1.63. The number of aromatic amines is 1. The fourth-order valence-corrected chi connectivity index (χ4v) is 3.91. The molecule has 7 nitrogen and oxygen atoms in total. The highest BCUT2D eigenvalue weighted by atomic mass is 16.2. The van der Waals surface area contributed by atoms with Crippen molar-refractivity contribution < 1.29 is 0 Å². The average molecular weight is 321 g/mol. The van der Waals surface area contributed by atoms with Crippen LogP contribution in [-0.2, 0) is 0 Å². The standard InChI is InChI=1S/C16H27N5O2/c1-11(12-6-4-3-5-7-12)17-14-18-15(22)21(16(23)19-14)13-8-9-20(2)10-13/h11-13H,3-10H2,1-2H3,(H2,17,18,19,22,23)/t11-,13?/m0/s1. The predicted octanol–water partition coefficient (Wildman–Crippen LogP) is 1.19. The van der Waals surface area contributed by atoms with E-state index >= 15 is 0 Å². The zero-order valence-corrected chi connectivity index (χ0v) is 14.0. The largest absolute Gasteiger partial charge is 0.355 e. The number of nitrogens with one attached hydrogen (secondary N) is 2. The second-order valence-corrected chi connectivity index (χ2v) is 7.08. The van der Waals surface area contributed by atoms with Crippen LogP contribution in [0.3, 0.4) is 0 Å². The summed E-state index contributed by atoms with van der Waals surface area (Å²) in [5, 5.41) is 3.23. The highest BCUT2D eigenvalue weighted by molar-refractivity contribution is 5.23. The minimum Gasteiger partial charge on any atom is -0.353 e. The zero-order chi connectivity index (χ0) is 16.4. The SMILES string of the molecule is C[C@H](Nc1nc(=O)n(C2CCN(C)C2)c(=O)[nH]1)C1CCCCC1. The third kappa shape index (κ3) is 3.65. The molecule has 0 amide bonds. The Morgan fingerprint density at radius 1 is 1.22 bits per heavy atom. The van der Waals surface area contributed by atoms with Crippen LogP contribution < -0.4 is 16.7 Å². The van der Waals surface area contributed by atoms with Crippen LogP contribution in [0.4, 0.5) is 5.95 Å². The molecule has 1 unspecified atom stereocenters. The van der Waals surface area contributed by atoms with Gasteiger partial charge in [-0.15, -0.1) is 0 Å². The lowest BCUT2D eigenvalue weighted by molar-refractivity contribution is 0.327. The van der Waals surface area contributed by atoms with Gasteiger partial charge in [0.25, 0.3) is 0 Å². The van der Waals surface area contributed by atoms with E-state index in [4.69, 9.17) is 0 Å². The molecule has 2 fully saturated rings. The molecule has 1 aliphatic heterocycles. The summed E-state index contributed by atoms with van der Waals surface area (Å²) < 4.78 is 1.26. The number of anilines is 1. The van der Waals surface area contributed by atoms with Crippen LogP contribution in [-0.4, -0.2) is 45.6 Å². The van der Waals surface area contributed by atoms with Crippen molar-refractivity contribution in [1.29, 1.82) is 0 Å². The van der Waals surface area contributed by atoms with Crippen LogP contribution in [0, 0.1) is 5.92 Å². The Kier molecular flexibility index (Phi) is 4.84. The maximum atomic E-state index is 12.3. The van der Waals surface area contributed by atoms with Gasteiger partial charge in [-0.2, -0.15) is 4.98 Å². The van der Waals surface area contributed by atoms with Crippen molar-refractivity contribution in [1.82, 2.24) is 19.4 Å². The highest BCUT2D eigenvalue weighted by Gasteiger charge is 2.25. The number of rotatable bonds is 4. The van der Waals surface area contributed by atoms with Gasteiger partial charge in [0.2, 0.25) is 5.95 Å². The van der Waals surface area contributed by atoms with Gasteiger partial charge in [-0.05, 0) is 45.7 Å². The molecule has 1 saturated carbocycles. The highest BCUT2D eigenvalue weighted by Crippen LogP contribution is 2.27. The molecule has 2 aliphatic rings. The minimum absolute atomic E-state index is 0.0754. The van der Waals surface area contributed by atoms with Crippen LogP contribution in [0.25, 0.3) is 0 Å². The van der Waals surface area contributed by atoms with Crippen molar-refractivity contribution in [3.63, 3.8) is 0 Å². The number of hydrogen-bond acceptors (Lipinski definition) is 5. The van der Waals surface area contributed by atoms with Gasteiger partial charge in [-0.3, -0.25) is 4.98 Å². The van der Waals surface area contributed by atoms with Gasteiger partial charge in [-0.1, -0.05) is 19.3 Å². The Morgan fingerprint density at radius 2 is 1.96 bits per heavy atom. The zero-order valence-electron chi connectivity index (χ0n) is 14.0. The number of nitrogens with zero attached hydrogens (tertiary/aromatic N) is 3. The monoisotopic (exact) mass is 321 g/mol. The maximum absolute atomic E-state index is 12.3. The summed E-state index contributed by atoms with van der Waals surface area (Å²) in [5.41, 5.74) is -0.809. The first-order chi connectivity index (χ1) is 11.0. The molecule has 1 aliphatic carbocycles. The lowest BCUT2D eigenvalue weighted by atomic mass is 9.85. The Balaban J connectivity index is 1.74. The van der Waals surface area contributed by atoms with E-state index < -0.39 is 5.69 Å². The average Bonchev–Trinajstić information content (AvgIpc) is 2.93. The molecule has 3 rings (SSSR count). The molecule has 23 heavy (non-hydrogen) atoms. The molecule has 128 valence electrons. The topological polar surface area (TPSA) is 83.0 Å². The van der Waals surface area contributed by atoms with Gasteiger partial charge in [-0.25, -0.2) is 14.2 Å². The number of hydrogen-bond donors (Lipinski definition) is 2. The normalized spacial score (nSPS) is 24.7. The Bertz CT molecular complexity index is 615. The molecule has 0 aromatic carbocycles. The first kappa shape index (κ1) is 16.2. The molecule has 1 aromatic heterocycles. The summed E-state index contributed by atoms with van der Waals surface area (Å²) in [5.74, 6) is 0.889. The molecule has 7 heteroatoms. The molecule has 2 heterocycles. The van der Waals surface area contributed by atoms with Crippen LogP contribution in [0.1, 0.15) is 51.5 Å². The first-order valence-corrected chi connectivity index (χ1v) is 8.72. The second kappa shape index (κ2) is 6.86. The predicted molar refractivity (Wildman–Crippen MR) is 89.9 cm³/mol. The van der Waals surface area contributed by atoms with Gasteiger partial charge in [0.05, 0.1) is 6.04 Å². The van der Waals surface area contributed by atoms with E-state index in [9.17, 15) is 9.59 Å². The number of H-pyrrole nitrogens is 1. The molecule has 2 N–H and O–H groups in total. The van der Waals surface area contributed by atoms with Crippen molar-refractivity contribution in [3.8, 4) is 0 Å². The van der Waals surface area contributed by atoms with E-state index in [0.29, 0.717) is 11.9 Å². The summed E-state index contributed by atoms with van der Waals surface area (Å²) in [4.78, 5) is 33.5. The van der Waals surface area contributed by atoms with Gasteiger partial charge in [0.15, 0.2) is 0 Å². The van der Waals surface area contributed by atoms with E-state index in [1.54, 1.807) is 0 Å². The van der Waals surface area contributed by atoms with Crippen molar-refractivity contribution in [2.24, 2.45) is 5.92 Å². The number of aromatic nitrogens is 3. The third-order valence-corrected chi connectivity index (χ3v) is 5.31. The van der Waals surface area contributed by atoms with Crippen molar-refractivity contribution >= 4 is 5.95 Å².